The molecule has 1 aromatic heterocycles. The van der Waals surface area contributed by atoms with Crippen LogP contribution in [0.1, 0.15) is 25.1 Å². The molecular weight excluding hydrogens is 214 g/mol. The van der Waals surface area contributed by atoms with Gasteiger partial charge in [-0.3, -0.25) is 4.90 Å². The van der Waals surface area contributed by atoms with E-state index < -0.39 is 0 Å². The first-order chi connectivity index (χ1) is 8.36. The van der Waals surface area contributed by atoms with Gasteiger partial charge < -0.3 is 9.88 Å². The summed E-state index contributed by atoms with van der Waals surface area (Å²) in [5.74, 6) is 1.93. The van der Waals surface area contributed by atoms with Gasteiger partial charge in [0.05, 0.1) is 6.54 Å². The average molecular weight is 235 g/mol. The van der Waals surface area contributed by atoms with Crippen molar-refractivity contribution < 1.29 is 0 Å². The Hall–Kier alpha value is -0.940. The summed E-state index contributed by atoms with van der Waals surface area (Å²) in [6.07, 6.45) is 5.93. The molecule has 5 nitrogen and oxygen atoms in total. The molecule has 0 spiro atoms. The second-order valence-corrected chi connectivity index (χ2v) is 5.26. The molecule has 1 aliphatic heterocycles. The van der Waals surface area contributed by atoms with Crippen LogP contribution in [-0.2, 0) is 13.1 Å². The van der Waals surface area contributed by atoms with Crippen molar-refractivity contribution in [2.24, 2.45) is 5.92 Å². The van der Waals surface area contributed by atoms with Crippen molar-refractivity contribution >= 4 is 0 Å². The number of fused-ring (bicyclic) bond motifs is 1. The van der Waals surface area contributed by atoms with E-state index in [0.717, 1.165) is 37.4 Å². The summed E-state index contributed by atoms with van der Waals surface area (Å²) in [6, 6.07) is 0.717. The van der Waals surface area contributed by atoms with Gasteiger partial charge in [-0.2, -0.15) is 0 Å². The van der Waals surface area contributed by atoms with E-state index in [1.54, 1.807) is 0 Å². The Balaban J connectivity index is 1.60. The van der Waals surface area contributed by atoms with Gasteiger partial charge in [-0.05, 0) is 25.8 Å². The SMILES string of the molecule is CNC1CCCC1CN1CCn2cnnc2C1. The lowest BCUT2D eigenvalue weighted by Crippen LogP contribution is -2.41. The van der Waals surface area contributed by atoms with E-state index in [4.69, 9.17) is 0 Å². The van der Waals surface area contributed by atoms with Crippen molar-refractivity contribution in [3.05, 3.63) is 12.2 Å². The van der Waals surface area contributed by atoms with Gasteiger partial charge in [-0.1, -0.05) is 6.42 Å². The summed E-state index contributed by atoms with van der Waals surface area (Å²) in [5.41, 5.74) is 0. The van der Waals surface area contributed by atoms with E-state index in [9.17, 15) is 0 Å². The Labute approximate surface area is 102 Å². The lowest BCUT2D eigenvalue weighted by molar-refractivity contribution is 0.175. The van der Waals surface area contributed by atoms with Gasteiger partial charge in [0, 0.05) is 25.7 Å². The van der Waals surface area contributed by atoms with Crippen molar-refractivity contribution in [3.63, 3.8) is 0 Å². The summed E-state index contributed by atoms with van der Waals surface area (Å²) in [4.78, 5) is 2.53. The molecule has 0 radical (unpaired) electrons. The predicted molar refractivity (Wildman–Crippen MR) is 65.5 cm³/mol. The van der Waals surface area contributed by atoms with E-state index in [1.165, 1.54) is 25.8 Å². The molecule has 2 aliphatic rings. The van der Waals surface area contributed by atoms with Crippen LogP contribution < -0.4 is 5.32 Å². The van der Waals surface area contributed by atoms with Gasteiger partial charge in [-0.15, -0.1) is 10.2 Å². The molecule has 94 valence electrons. The first-order valence-corrected chi connectivity index (χ1v) is 6.63. The number of hydrogen-bond donors (Lipinski definition) is 1. The highest BCUT2D eigenvalue weighted by Crippen LogP contribution is 2.27. The highest BCUT2D eigenvalue weighted by molar-refractivity contribution is 4.92. The fourth-order valence-electron chi connectivity index (χ4n) is 3.24. The average Bonchev–Trinajstić information content (AvgIpc) is 2.96. The van der Waals surface area contributed by atoms with E-state index in [2.05, 4.69) is 32.0 Å². The minimum absolute atomic E-state index is 0.717. The number of rotatable bonds is 3. The molecule has 1 aliphatic carbocycles. The number of nitrogens with one attached hydrogen (secondary N) is 1. The number of aromatic nitrogens is 3. The van der Waals surface area contributed by atoms with Crippen LogP contribution in [0.2, 0.25) is 0 Å². The van der Waals surface area contributed by atoms with Gasteiger partial charge in [0.1, 0.15) is 12.2 Å². The third-order valence-corrected chi connectivity index (χ3v) is 4.24. The zero-order valence-electron chi connectivity index (χ0n) is 10.5. The number of hydrogen-bond acceptors (Lipinski definition) is 4. The summed E-state index contributed by atoms with van der Waals surface area (Å²) in [5, 5.41) is 11.6. The van der Waals surface area contributed by atoms with Crippen LogP contribution in [0.3, 0.4) is 0 Å². The molecule has 2 unspecified atom stereocenters. The first-order valence-electron chi connectivity index (χ1n) is 6.63. The lowest BCUT2D eigenvalue weighted by Gasteiger charge is -2.31. The molecule has 5 heteroatoms. The lowest BCUT2D eigenvalue weighted by atomic mass is 10.0. The Morgan fingerprint density at radius 2 is 2.35 bits per heavy atom. The maximum Gasteiger partial charge on any atom is 0.147 e. The molecule has 1 fully saturated rings. The Bertz CT molecular complexity index is 375. The highest BCUT2D eigenvalue weighted by Gasteiger charge is 2.29. The largest absolute Gasteiger partial charge is 0.317 e. The molecule has 0 amide bonds. The van der Waals surface area contributed by atoms with E-state index >= 15 is 0 Å². The third kappa shape index (κ3) is 2.21. The molecule has 17 heavy (non-hydrogen) atoms. The summed E-state index contributed by atoms with van der Waals surface area (Å²) < 4.78 is 2.17. The fourth-order valence-corrected chi connectivity index (χ4v) is 3.24. The fraction of sp³-hybridized carbons (Fsp3) is 0.833. The Morgan fingerprint density at radius 3 is 3.24 bits per heavy atom. The highest BCUT2D eigenvalue weighted by atomic mass is 15.3. The molecule has 1 aromatic rings. The quantitative estimate of drug-likeness (QED) is 0.828. The minimum atomic E-state index is 0.717. The Morgan fingerprint density at radius 1 is 1.41 bits per heavy atom. The maximum atomic E-state index is 4.18. The molecule has 1 N–H and O–H groups in total. The zero-order chi connectivity index (χ0) is 11.7. The van der Waals surface area contributed by atoms with Gasteiger partial charge in [0.2, 0.25) is 0 Å². The monoisotopic (exact) mass is 235 g/mol. The van der Waals surface area contributed by atoms with Crippen LogP contribution in [0.25, 0.3) is 0 Å². The standard InChI is InChI=1S/C12H21N5/c1-13-11-4-2-3-10(11)7-16-5-6-17-9-14-15-12(17)8-16/h9-11,13H,2-8H2,1H3. The van der Waals surface area contributed by atoms with Crippen molar-refractivity contribution in [2.75, 3.05) is 20.1 Å². The van der Waals surface area contributed by atoms with E-state index in [-0.39, 0.29) is 0 Å². The van der Waals surface area contributed by atoms with Crippen molar-refractivity contribution in [2.45, 2.75) is 38.4 Å². The second kappa shape index (κ2) is 4.74. The van der Waals surface area contributed by atoms with Crippen molar-refractivity contribution in [3.8, 4) is 0 Å². The smallest absolute Gasteiger partial charge is 0.147 e. The predicted octanol–water partition coefficient (Wildman–Crippen LogP) is 0.482. The van der Waals surface area contributed by atoms with Gasteiger partial charge in [0.25, 0.3) is 0 Å². The first kappa shape index (κ1) is 11.2. The minimum Gasteiger partial charge on any atom is -0.317 e. The van der Waals surface area contributed by atoms with Crippen LogP contribution >= 0.6 is 0 Å². The second-order valence-electron chi connectivity index (χ2n) is 5.26. The van der Waals surface area contributed by atoms with Crippen LogP contribution in [0.4, 0.5) is 0 Å². The normalized spacial score (nSPS) is 29.5. The van der Waals surface area contributed by atoms with Crippen LogP contribution in [0.5, 0.6) is 0 Å². The van der Waals surface area contributed by atoms with Crippen LogP contribution in [0, 0.1) is 5.92 Å². The molecular formula is C12H21N5. The summed E-state index contributed by atoms with van der Waals surface area (Å²) in [6.45, 7) is 4.35. The van der Waals surface area contributed by atoms with Gasteiger partial charge in [-0.25, -0.2) is 0 Å². The summed E-state index contributed by atoms with van der Waals surface area (Å²) >= 11 is 0. The number of nitrogens with zero attached hydrogens (tertiary/aromatic N) is 4. The van der Waals surface area contributed by atoms with Crippen molar-refractivity contribution in [1.82, 2.24) is 25.0 Å². The van der Waals surface area contributed by atoms with Crippen LogP contribution in [0.15, 0.2) is 6.33 Å². The van der Waals surface area contributed by atoms with Crippen LogP contribution in [-0.4, -0.2) is 45.8 Å². The van der Waals surface area contributed by atoms with Gasteiger partial charge in [0.15, 0.2) is 0 Å². The third-order valence-electron chi connectivity index (χ3n) is 4.24. The van der Waals surface area contributed by atoms with Gasteiger partial charge >= 0.3 is 0 Å². The summed E-state index contributed by atoms with van der Waals surface area (Å²) in [7, 11) is 2.09. The molecule has 0 saturated heterocycles. The molecule has 2 heterocycles. The molecule has 0 aromatic carbocycles. The molecule has 2 atom stereocenters. The van der Waals surface area contributed by atoms with Crippen molar-refractivity contribution in [1.29, 1.82) is 0 Å². The van der Waals surface area contributed by atoms with E-state index in [1.807, 2.05) is 6.33 Å². The maximum absolute atomic E-state index is 4.18. The molecule has 1 saturated carbocycles. The topological polar surface area (TPSA) is 46.0 Å². The Kier molecular flexibility index (Phi) is 3.11. The van der Waals surface area contributed by atoms with E-state index in [0.29, 0.717) is 0 Å². The molecule has 0 bridgehead atoms. The molecule has 3 rings (SSSR count). The zero-order valence-corrected chi connectivity index (χ0v) is 10.5.